The molecule has 0 aromatic heterocycles. The van der Waals surface area contributed by atoms with E-state index in [1.807, 2.05) is 0 Å². The van der Waals surface area contributed by atoms with Crippen LogP contribution in [-0.2, 0) is 19.1 Å². The summed E-state index contributed by atoms with van der Waals surface area (Å²) in [7, 11) is 0. The van der Waals surface area contributed by atoms with Crippen LogP contribution in [0.15, 0.2) is 36.5 Å². The highest BCUT2D eigenvalue weighted by Gasteiger charge is 2.16. The van der Waals surface area contributed by atoms with E-state index in [9.17, 15) is 14.7 Å². The Morgan fingerprint density at radius 1 is 0.511 bits per heavy atom. The lowest BCUT2D eigenvalue weighted by Crippen LogP contribution is -2.28. The fourth-order valence-corrected chi connectivity index (χ4v) is 5.69. The Balaban J connectivity index is 3.54. The summed E-state index contributed by atoms with van der Waals surface area (Å²) in [5, 5.41) is 9.55. The van der Waals surface area contributed by atoms with E-state index in [2.05, 4.69) is 50.3 Å². The van der Waals surface area contributed by atoms with Crippen molar-refractivity contribution in [2.75, 3.05) is 13.2 Å². The van der Waals surface area contributed by atoms with E-state index in [0.29, 0.717) is 12.8 Å². The number of unbranched alkanes of at least 4 members (excludes halogenated alkanes) is 22. The first kappa shape index (κ1) is 45.1. The quantitative estimate of drug-likeness (QED) is 0.0411. The standard InChI is InChI=1S/C42H76O5/c1-3-5-7-9-11-13-15-17-19-20-21-23-25-27-29-31-33-35-37-42(45)47-40(38-43)39-46-41(44)36-34-32-30-28-26-24-22-18-16-14-12-10-8-6-4-2/h6,8,12,14,18,22,40,43H,3-5,7,9-11,13,15-17,19-21,23-39H2,1-2H3/b8-6+,14-12+,22-18+/t40-/m0/s1. The molecule has 0 saturated carbocycles. The van der Waals surface area contributed by atoms with E-state index in [-0.39, 0.29) is 25.2 Å². The summed E-state index contributed by atoms with van der Waals surface area (Å²) in [5.74, 6) is -0.605. The van der Waals surface area contributed by atoms with Crippen molar-refractivity contribution < 1.29 is 24.2 Å². The molecule has 0 unspecified atom stereocenters. The molecule has 5 heteroatoms. The zero-order valence-corrected chi connectivity index (χ0v) is 31.0. The number of aliphatic hydroxyl groups excluding tert-OH is 1. The zero-order chi connectivity index (χ0) is 34.3. The van der Waals surface area contributed by atoms with Crippen molar-refractivity contribution in [3.05, 3.63) is 36.5 Å². The second-order valence-electron chi connectivity index (χ2n) is 13.3. The molecule has 0 rings (SSSR count). The van der Waals surface area contributed by atoms with Crippen molar-refractivity contribution in [1.82, 2.24) is 0 Å². The number of carbonyl (C=O) groups is 2. The van der Waals surface area contributed by atoms with Crippen LogP contribution in [0.5, 0.6) is 0 Å². The van der Waals surface area contributed by atoms with Crippen molar-refractivity contribution in [3.63, 3.8) is 0 Å². The van der Waals surface area contributed by atoms with Crippen LogP contribution in [0.2, 0.25) is 0 Å². The predicted octanol–water partition coefficient (Wildman–Crippen LogP) is 12.5. The molecule has 0 fully saturated rings. The third-order valence-electron chi connectivity index (χ3n) is 8.70. The highest BCUT2D eigenvalue weighted by Crippen LogP contribution is 2.15. The molecule has 0 heterocycles. The van der Waals surface area contributed by atoms with Gasteiger partial charge in [-0.05, 0) is 44.9 Å². The highest BCUT2D eigenvalue weighted by atomic mass is 16.6. The van der Waals surface area contributed by atoms with E-state index >= 15 is 0 Å². The van der Waals surface area contributed by atoms with Gasteiger partial charge in [-0.15, -0.1) is 0 Å². The second kappa shape index (κ2) is 38.6. The summed E-state index contributed by atoms with van der Waals surface area (Å²) in [4.78, 5) is 24.2. The minimum absolute atomic E-state index is 0.0723. The van der Waals surface area contributed by atoms with Crippen molar-refractivity contribution in [1.29, 1.82) is 0 Å². The number of carbonyl (C=O) groups excluding carboxylic acids is 2. The van der Waals surface area contributed by atoms with Crippen LogP contribution < -0.4 is 0 Å². The number of allylic oxidation sites excluding steroid dienone is 6. The maximum absolute atomic E-state index is 12.2. The molecule has 47 heavy (non-hydrogen) atoms. The molecular formula is C42H76O5. The summed E-state index contributed by atoms with van der Waals surface area (Å²) >= 11 is 0. The van der Waals surface area contributed by atoms with Gasteiger partial charge in [0.2, 0.25) is 0 Å². The monoisotopic (exact) mass is 661 g/mol. The maximum Gasteiger partial charge on any atom is 0.306 e. The average Bonchev–Trinajstić information content (AvgIpc) is 3.07. The molecule has 0 aliphatic rings. The SMILES string of the molecule is CC/C=C/C/C=C/C/C=C/CCCCCCCC(=O)OC[C@H](CO)OC(=O)CCCCCCCCCCCCCCCCCCCC. The molecule has 0 radical (unpaired) electrons. The zero-order valence-electron chi connectivity index (χ0n) is 31.0. The topological polar surface area (TPSA) is 72.8 Å². The number of hydrogen-bond acceptors (Lipinski definition) is 5. The lowest BCUT2D eigenvalue weighted by molar-refractivity contribution is -0.161. The normalized spacial score (nSPS) is 12.5. The van der Waals surface area contributed by atoms with E-state index < -0.39 is 6.10 Å². The van der Waals surface area contributed by atoms with Crippen molar-refractivity contribution >= 4 is 11.9 Å². The first-order valence-corrected chi connectivity index (χ1v) is 20.0. The van der Waals surface area contributed by atoms with Crippen LogP contribution in [0.3, 0.4) is 0 Å². The summed E-state index contributed by atoms with van der Waals surface area (Å²) in [6, 6.07) is 0. The first-order chi connectivity index (χ1) is 23.1. The lowest BCUT2D eigenvalue weighted by Gasteiger charge is -2.15. The van der Waals surface area contributed by atoms with Crippen LogP contribution >= 0.6 is 0 Å². The molecule has 0 amide bonds. The van der Waals surface area contributed by atoms with E-state index in [0.717, 1.165) is 64.2 Å². The molecule has 0 saturated heterocycles. The fourth-order valence-electron chi connectivity index (χ4n) is 5.69. The van der Waals surface area contributed by atoms with E-state index in [4.69, 9.17) is 9.47 Å². The van der Waals surface area contributed by atoms with Gasteiger partial charge < -0.3 is 14.6 Å². The van der Waals surface area contributed by atoms with Crippen molar-refractivity contribution in [2.24, 2.45) is 0 Å². The number of hydrogen-bond donors (Lipinski definition) is 1. The van der Waals surface area contributed by atoms with Gasteiger partial charge in [-0.25, -0.2) is 0 Å². The van der Waals surface area contributed by atoms with Crippen LogP contribution in [0.1, 0.15) is 200 Å². The van der Waals surface area contributed by atoms with Gasteiger partial charge >= 0.3 is 11.9 Å². The van der Waals surface area contributed by atoms with Gasteiger partial charge in [-0.2, -0.15) is 0 Å². The molecule has 0 aromatic carbocycles. The van der Waals surface area contributed by atoms with Gasteiger partial charge in [0.15, 0.2) is 6.10 Å². The van der Waals surface area contributed by atoms with Crippen molar-refractivity contribution in [2.45, 2.75) is 206 Å². The molecule has 1 N–H and O–H groups in total. The molecule has 5 nitrogen and oxygen atoms in total. The van der Waals surface area contributed by atoms with Crippen LogP contribution in [0.25, 0.3) is 0 Å². The smallest absolute Gasteiger partial charge is 0.306 e. The molecule has 1 atom stereocenters. The van der Waals surface area contributed by atoms with E-state index in [1.54, 1.807) is 0 Å². The summed E-state index contributed by atoms with van der Waals surface area (Å²) < 4.78 is 10.6. The van der Waals surface area contributed by atoms with E-state index in [1.165, 1.54) is 109 Å². The summed E-state index contributed by atoms with van der Waals surface area (Å²) in [5.41, 5.74) is 0. The first-order valence-electron chi connectivity index (χ1n) is 20.0. The predicted molar refractivity (Wildman–Crippen MR) is 201 cm³/mol. The largest absolute Gasteiger partial charge is 0.462 e. The Morgan fingerprint density at radius 2 is 0.915 bits per heavy atom. The minimum Gasteiger partial charge on any atom is -0.462 e. The van der Waals surface area contributed by atoms with Gasteiger partial charge in [0.05, 0.1) is 6.61 Å². The minimum atomic E-state index is -0.775. The molecule has 0 spiro atoms. The van der Waals surface area contributed by atoms with Crippen molar-refractivity contribution in [3.8, 4) is 0 Å². The Morgan fingerprint density at radius 3 is 1.38 bits per heavy atom. The summed E-state index contributed by atoms with van der Waals surface area (Å²) in [6.07, 6.45) is 46.3. The number of rotatable bonds is 36. The van der Waals surface area contributed by atoms with Crippen LogP contribution in [0, 0.1) is 0 Å². The van der Waals surface area contributed by atoms with Gasteiger partial charge in [-0.3, -0.25) is 9.59 Å². The molecule has 0 aliphatic carbocycles. The third kappa shape index (κ3) is 36.8. The average molecular weight is 661 g/mol. The Labute approximate surface area is 291 Å². The Hall–Kier alpha value is -1.88. The van der Waals surface area contributed by atoms with Crippen LogP contribution in [-0.4, -0.2) is 36.4 Å². The number of aliphatic hydroxyl groups is 1. The fraction of sp³-hybridized carbons (Fsp3) is 0.810. The second-order valence-corrected chi connectivity index (χ2v) is 13.3. The maximum atomic E-state index is 12.2. The van der Waals surface area contributed by atoms with Crippen LogP contribution in [0.4, 0.5) is 0 Å². The summed E-state index contributed by atoms with van der Waals surface area (Å²) in [6.45, 7) is 4.02. The van der Waals surface area contributed by atoms with Gasteiger partial charge in [0, 0.05) is 12.8 Å². The number of esters is 2. The lowest BCUT2D eigenvalue weighted by atomic mass is 10.0. The Bertz CT molecular complexity index is 756. The molecule has 0 aromatic rings. The molecule has 0 bridgehead atoms. The molecular weight excluding hydrogens is 584 g/mol. The van der Waals surface area contributed by atoms with Gasteiger partial charge in [0.25, 0.3) is 0 Å². The highest BCUT2D eigenvalue weighted by molar-refractivity contribution is 5.70. The number of ether oxygens (including phenoxy) is 2. The van der Waals surface area contributed by atoms with Gasteiger partial charge in [0.1, 0.15) is 6.61 Å². The Kier molecular flexibility index (Phi) is 37.0. The molecule has 0 aliphatic heterocycles. The third-order valence-corrected chi connectivity index (χ3v) is 8.70. The van der Waals surface area contributed by atoms with Gasteiger partial charge in [-0.1, -0.05) is 179 Å². The molecule has 274 valence electrons.